The van der Waals surface area contributed by atoms with E-state index in [1.165, 1.54) is 5.56 Å². The molecule has 4 nitrogen and oxygen atoms in total. The van der Waals surface area contributed by atoms with E-state index in [2.05, 4.69) is 28.6 Å². The van der Waals surface area contributed by atoms with E-state index in [1.54, 1.807) is 0 Å². The molecule has 1 heterocycles. The van der Waals surface area contributed by atoms with E-state index >= 15 is 0 Å². The van der Waals surface area contributed by atoms with Gasteiger partial charge in [-0.1, -0.05) is 24.3 Å². The SMILES string of the molecule is Cc1ccc(Oc2ccccc2)c(NC2=NCCN2)c1. The fraction of sp³-hybridized carbons (Fsp3) is 0.188. The van der Waals surface area contributed by atoms with E-state index in [-0.39, 0.29) is 0 Å². The Morgan fingerprint density at radius 2 is 2.00 bits per heavy atom. The number of aryl methyl sites for hydroxylation is 1. The van der Waals surface area contributed by atoms with Gasteiger partial charge >= 0.3 is 0 Å². The summed E-state index contributed by atoms with van der Waals surface area (Å²) >= 11 is 0. The molecular weight excluding hydrogens is 250 g/mol. The number of hydrogen-bond acceptors (Lipinski definition) is 4. The Hall–Kier alpha value is -2.49. The molecule has 0 amide bonds. The summed E-state index contributed by atoms with van der Waals surface area (Å²) in [6.07, 6.45) is 0. The number of nitrogens with zero attached hydrogens (tertiary/aromatic N) is 1. The van der Waals surface area contributed by atoms with Gasteiger partial charge in [-0.2, -0.15) is 0 Å². The van der Waals surface area contributed by atoms with Gasteiger partial charge in [0.25, 0.3) is 0 Å². The first-order valence-corrected chi connectivity index (χ1v) is 6.70. The zero-order valence-corrected chi connectivity index (χ0v) is 11.4. The van der Waals surface area contributed by atoms with E-state index in [0.29, 0.717) is 0 Å². The molecule has 102 valence electrons. The number of benzene rings is 2. The molecule has 20 heavy (non-hydrogen) atoms. The summed E-state index contributed by atoms with van der Waals surface area (Å²) < 4.78 is 5.93. The van der Waals surface area contributed by atoms with Crippen LogP contribution in [0.4, 0.5) is 5.69 Å². The molecule has 3 rings (SSSR count). The number of hydrogen-bond donors (Lipinski definition) is 2. The van der Waals surface area contributed by atoms with Crippen LogP contribution in [0.1, 0.15) is 5.56 Å². The summed E-state index contributed by atoms with van der Waals surface area (Å²) in [7, 11) is 0. The molecule has 1 aliphatic heterocycles. The fourth-order valence-electron chi connectivity index (χ4n) is 2.06. The second-order valence-corrected chi connectivity index (χ2v) is 4.70. The maximum absolute atomic E-state index is 5.93. The van der Waals surface area contributed by atoms with Crippen LogP contribution in [0.5, 0.6) is 11.5 Å². The van der Waals surface area contributed by atoms with Crippen LogP contribution in [0.25, 0.3) is 0 Å². The molecule has 0 radical (unpaired) electrons. The van der Waals surface area contributed by atoms with Gasteiger partial charge in [0.15, 0.2) is 11.7 Å². The highest BCUT2D eigenvalue weighted by Crippen LogP contribution is 2.30. The van der Waals surface area contributed by atoms with Crippen LogP contribution >= 0.6 is 0 Å². The highest BCUT2D eigenvalue weighted by Gasteiger charge is 2.10. The van der Waals surface area contributed by atoms with Gasteiger partial charge in [0, 0.05) is 6.54 Å². The Bertz CT molecular complexity index is 623. The number of nitrogens with one attached hydrogen (secondary N) is 2. The van der Waals surface area contributed by atoms with E-state index in [4.69, 9.17) is 4.74 Å². The summed E-state index contributed by atoms with van der Waals surface area (Å²) in [5.74, 6) is 2.41. The van der Waals surface area contributed by atoms with Crippen molar-refractivity contribution < 1.29 is 4.74 Å². The predicted octanol–water partition coefficient (Wildman–Crippen LogP) is 3.16. The van der Waals surface area contributed by atoms with Gasteiger partial charge in [0.1, 0.15) is 5.75 Å². The topological polar surface area (TPSA) is 45.6 Å². The maximum atomic E-state index is 5.93. The summed E-state index contributed by atoms with van der Waals surface area (Å²) in [6.45, 7) is 3.74. The first-order valence-electron chi connectivity index (χ1n) is 6.70. The van der Waals surface area contributed by atoms with Gasteiger partial charge in [0.05, 0.1) is 12.2 Å². The molecule has 0 bridgehead atoms. The van der Waals surface area contributed by atoms with Gasteiger partial charge < -0.3 is 15.4 Å². The lowest BCUT2D eigenvalue weighted by Crippen LogP contribution is -2.26. The number of para-hydroxylation sites is 1. The largest absolute Gasteiger partial charge is 0.455 e. The Morgan fingerprint density at radius 3 is 2.75 bits per heavy atom. The molecule has 0 saturated carbocycles. The normalized spacial score (nSPS) is 13.6. The van der Waals surface area contributed by atoms with Crippen LogP contribution in [-0.4, -0.2) is 19.0 Å². The van der Waals surface area contributed by atoms with E-state index in [9.17, 15) is 0 Å². The van der Waals surface area contributed by atoms with Crippen LogP contribution in [0.15, 0.2) is 53.5 Å². The summed E-state index contributed by atoms with van der Waals surface area (Å²) in [4.78, 5) is 4.35. The molecule has 0 atom stereocenters. The number of guanidine groups is 1. The molecule has 2 N–H and O–H groups in total. The van der Waals surface area contributed by atoms with Crippen LogP contribution in [0.3, 0.4) is 0 Å². The lowest BCUT2D eigenvalue weighted by Gasteiger charge is -2.14. The van der Waals surface area contributed by atoms with Crippen LogP contribution in [0.2, 0.25) is 0 Å². The minimum atomic E-state index is 0.790. The van der Waals surface area contributed by atoms with E-state index < -0.39 is 0 Å². The second kappa shape index (κ2) is 5.65. The van der Waals surface area contributed by atoms with Gasteiger partial charge in [0.2, 0.25) is 0 Å². The van der Waals surface area contributed by atoms with Gasteiger partial charge in [-0.3, -0.25) is 4.99 Å². The first-order chi connectivity index (χ1) is 9.81. The lowest BCUT2D eigenvalue weighted by atomic mass is 10.2. The molecular formula is C16H17N3O. The Labute approximate surface area is 118 Å². The highest BCUT2D eigenvalue weighted by molar-refractivity contribution is 5.96. The molecule has 2 aromatic carbocycles. The smallest absolute Gasteiger partial charge is 0.196 e. The highest BCUT2D eigenvalue weighted by atomic mass is 16.5. The van der Waals surface area contributed by atoms with Crippen molar-refractivity contribution >= 4 is 11.6 Å². The minimum Gasteiger partial charge on any atom is -0.455 e. The Kier molecular flexibility index (Phi) is 3.54. The van der Waals surface area contributed by atoms with E-state index in [1.807, 2.05) is 42.5 Å². The minimum absolute atomic E-state index is 0.790. The predicted molar refractivity (Wildman–Crippen MR) is 81.6 cm³/mol. The molecule has 0 unspecified atom stereocenters. The fourth-order valence-corrected chi connectivity index (χ4v) is 2.06. The zero-order valence-electron chi connectivity index (χ0n) is 11.4. The number of ether oxygens (including phenoxy) is 1. The van der Waals surface area contributed by atoms with Crippen molar-refractivity contribution in [2.75, 3.05) is 18.4 Å². The standard InChI is InChI=1S/C16H17N3O/c1-12-7-8-15(20-13-5-3-2-4-6-13)14(11-12)19-16-17-9-10-18-16/h2-8,11H,9-10H2,1H3,(H2,17,18,19). The molecule has 0 fully saturated rings. The molecule has 2 aromatic rings. The summed E-state index contributed by atoms with van der Waals surface area (Å²) in [5.41, 5.74) is 2.09. The molecule has 1 aliphatic rings. The second-order valence-electron chi connectivity index (χ2n) is 4.70. The van der Waals surface area contributed by atoms with Crippen molar-refractivity contribution in [3.8, 4) is 11.5 Å². The Balaban J connectivity index is 1.85. The summed E-state index contributed by atoms with van der Waals surface area (Å²) in [5, 5.41) is 6.48. The number of aliphatic imine (C=N–C) groups is 1. The third kappa shape index (κ3) is 2.91. The Morgan fingerprint density at radius 1 is 1.15 bits per heavy atom. The molecule has 0 aliphatic carbocycles. The van der Waals surface area contributed by atoms with Gasteiger partial charge in [-0.15, -0.1) is 0 Å². The zero-order chi connectivity index (χ0) is 13.8. The first kappa shape index (κ1) is 12.5. The van der Waals surface area contributed by atoms with Crippen molar-refractivity contribution in [2.45, 2.75) is 6.92 Å². The molecule has 0 saturated heterocycles. The van der Waals surface area contributed by atoms with Crippen molar-refractivity contribution in [2.24, 2.45) is 4.99 Å². The number of rotatable bonds is 3. The average Bonchev–Trinajstić information content (AvgIpc) is 2.96. The molecule has 0 spiro atoms. The van der Waals surface area contributed by atoms with Crippen molar-refractivity contribution in [3.05, 3.63) is 54.1 Å². The third-order valence-corrected chi connectivity index (χ3v) is 3.03. The van der Waals surface area contributed by atoms with Crippen molar-refractivity contribution in [1.29, 1.82) is 0 Å². The quantitative estimate of drug-likeness (QED) is 0.898. The van der Waals surface area contributed by atoms with Crippen molar-refractivity contribution in [1.82, 2.24) is 5.32 Å². The average molecular weight is 267 g/mol. The van der Waals surface area contributed by atoms with Crippen LogP contribution in [0, 0.1) is 6.92 Å². The monoisotopic (exact) mass is 267 g/mol. The summed E-state index contributed by atoms with van der Waals surface area (Å²) in [6, 6.07) is 15.8. The number of anilines is 1. The van der Waals surface area contributed by atoms with Crippen molar-refractivity contribution in [3.63, 3.8) is 0 Å². The maximum Gasteiger partial charge on any atom is 0.196 e. The lowest BCUT2D eigenvalue weighted by molar-refractivity contribution is 0.485. The van der Waals surface area contributed by atoms with Gasteiger partial charge in [-0.05, 0) is 36.8 Å². The van der Waals surface area contributed by atoms with Crippen LogP contribution in [-0.2, 0) is 0 Å². The molecule has 0 aromatic heterocycles. The van der Waals surface area contributed by atoms with Gasteiger partial charge in [-0.25, -0.2) is 0 Å². The molecule has 4 heteroatoms. The third-order valence-electron chi connectivity index (χ3n) is 3.03. The van der Waals surface area contributed by atoms with E-state index in [0.717, 1.165) is 36.2 Å². The van der Waals surface area contributed by atoms with Crippen LogP contribution < -0.4 is 15.4 Å².